The molecule has 0 spiro atoms. The summed E-state index contributed by atoms with van der Waals surface area (Å²) in [6.07, 6.45) is 2.27. The Morgan fingerprint density at radius 2 is 1.87 bits per heavy atom. The van der Waals surface area contributed by atoms with Gasteiger partial charge in [-0.3, -0.25) is 0 Å². The van der Waals surface area contributed by atoms with Crippen molar-refractivity contribution in [2.24, 2.45) is 0 Å². The summed E-state index contributed by atoms with van der Waals surface area (Å²) < 4.78 is 0. The molecule has 1 fully saturated rings. The first-order valence-corrected chi connectivity index (χ1v) is 6.04. The molecule has 15 heavy (non-hydrogen) atoms. The van der Waals surface area contributed by atoms with Crippen LogP contribution in [-0.4, -0.2) is 13.1 Å². The molecule has 0 aromatic heterocycles. The van der Waals surface area contributed by atoms with Gasteiger partial charge < -0.3 is 5.32 Å². The zero-order chi connectivity index (χ0) is 10.9. The minimum atomic E-state index is 0.201. The van der Waals surface area contributed by atoms with Crippen LogP contribution in [0.5, 0.6) is 0 Å². The smallest absolute Gasteiger partial charge is 0.0458 e. The minimum absolute atomic E-state index is 0.201. The predicted octanol–water partition coefficient (Wildman–Crippen LogP) is 3.63. The first-order chi connectivity index (χ1) is 7.12. The molecule has 0 bridgehead atoms. The monoisotopic (exact) mass is 243 g/mol. The Balaban J connectivity index is 2.35. The third-order valence-corrected chi connectivity index (χ3v) is 3.84. The van der Waals surface area contributed by atoms with E-state index < -0.39 is 0 Å². The number of halogens is 2. The molecule has 3 heteroatoms. The van der Waals surface area contributed by atoms with E-state index in [1.54, 1.807) is 0 Å². The molecule has 0 amide bonds. The van der Waals surface area contributed by atoms with Crippen molar-refractivity contribution in [3.63, 3.8) is 0 Å². The van der Waals surface area contributed by atoms with Crippen molar-refractivity contribution in [2.45, 2.75) is 25.2 Å². The highest BCUT2D eigenvalue weighted by Crippen LogP contribution is 2.37. The van der Waals surface area contributed by atoms with Gasteiger partial charge in [-0.1, -0.05) is 36.2 Å². The molecular formula is C12H15Cl2N. The third kappa shape index (κ3) is 2.30. The summed E-state index contributed by atoms with van der Waals surface area (Å²) >= 11 is 12.2. The van der Waals surface area contributed by atoms with Crippen LogP contribution in [0.1, 0.15) is 25.3 Å². The van der Waals surface area contributed by atoms with Gasteiger partial charge in [0.15, 0.2) is 0 Å². The minimum Gasteiger partial charge on any atom is -0.317 e. The second kappa shape index (κ2) is 4.32. The molecule has 1 aromatic carbocycles. The van der Waals surface area contributed by atoms with Crippen LogP contribution in [0.2, 0.25) is 10.0 Å². The zero-order valence-electron chi connectivity index (χ0n) is 8.82. The van der Waals surface area contributed by atoms with Gasteiger partial charge in [-0.05, 0) is 49.0 Å². The van der Waals surface area contributed by atoms with E-state index in [-0.39, 0.29) is 5.41 Å². The highest BCUT2D eigenvalue weighted by molar-refractivity contribution is 6.35. The van der Waals surface area contributed by atoms with Gasteiger partial charge in [-0.15, -0.1) is 0 Å². The Morgan fingerprint density at radius 3 is 2.47 bits per heavy atom. The van der Waals surface area contributed by atoms with Crippen LogP contribution in [0.15, 0.2) is 18.2 Å². The molecule has 1 saturated heterocycles. The molecule has 0 radical (unpaired) electrons. The lowest BCUT2D eigenvalue weighted by atomic mass is 9.75. The fourth-order valence-electron chi connectivity index (χ4n) is 2.23. The van der Waals surface area contributed by atoms with Gasteiger partial charge in [0.25, 0.3) is 0 Å². The number of piperidine rings is 1. The number of nitrogens with one attached hydrogen (secondary N) is 1. The van der Waals surface area contributed by atoms with Crippen LogP contribution in [0.3, 0.4) is 0 Å². The molecule has 2 rings (SSSR count). The van der Waals surface area contributed by atoms with Gasteiger partial charge in [0, 0.05) is 10.0 Å². The van der Waals surface area contributed by atoms with Crippen molar-refractivity contribution in [2.75, 3.05) is 13.1 Å². The van der Waals surface area contributed by atoms with Gasteiger partial charge in [0.05, 0.1) is 0 Å². The summed E-state index contributed by atoms with van der Waals surface area (Å²) in [6, 6.07) is 5.83. The standard InChI is InChI=1S/C12H15Cl2N/c1-12(4-6-15-7-5-12)10-3-2-9(13)8-11(10)14/h2-3,8,15H,4-7H2,1H3. The van der Waals surface area contributed by atoms with Gasteiger partial charge in [0.2, 0.25) is 0 Å². The van der Waals surface area contributed by atoms with Crippen molar-refractivity contribution >= 4 is 23.2 Å². The molecule has 0 unspecified atom stereocenters. The highest BCUT2D eigenvalue weighted by Gasteiger charge is 2.30. The Labute approximate surface area is 101 Å². The SMILES string of the molecule is CC1(c2ccc(Cl)cc2Cl)CCNCC1. The molecule has 1 N–H and O–H groups in total. The summed E-state index contributed by atoms with van der Waals surface area (Å²) in [7, 11) is 0. The molecular weight excluding hydrogens is 229 g/mol. The molecule has 0 atom stereocenters. The zero-order valence-corrected chi connectivity index (χ0v) is 10.3. The van der Waals surface area contributed by atoms with Crippen molar-refractivity contribution in [1.29, 1.82) is 0 Å². The van der Waals surface area contributed by atoms with E-state index in [9.17, 15) is 0 Å². The topological polar surface area (TPSA) is 12.0 Å². The Kier molecular flexibility index (Phi) is 3.24. The lowest BCUT2D eigenvalue weighted by Gasteiger charge is -2.35. The average molecular weight is 244 g/mol. The van der Waals surface area contributed by atoms with Crippen molar-refractivity contribution in [3.8, 4) is 0 Å². The first kappa shape index (κ1) is 11.3. The van der Waals surface area contributed by atoms with Gasteiger partial charge in [-0.25, -0.2) is 0 Å². The van der Waals surface area contributed by atoms with Crippen LogP contribution < -0.4 is 5.32 Å². The van der Waals surface area contributed by atoms with Crippen LogP contribution in [0, 0.1) is 0 Å². The first-order valence-electron chi connectivity index (χ1n) is 5.28. The normalized spacial score (nSPS) is 20.2. The summed E-state index contributed by atoms with van der Waals surface area (Å²) in [5.41, 5.74) is 1.43. The maximum absolute atomic E-state index is 6.25. The average Bonchev–Trinajstić information content (AvgIpc) is 2.18. The number of hydrogen-bond donors (Lipinski definition) is 1. The van der Waals surface area contributed by atoms with Gasteiger partial charge >= 0.3 is 0 Å². The molecule has 1 aliphatic rings. The van der Waals surface area contributed by atoms with Crippen LogP contribution in [-0.2, 0) is 5.41 Å². The second-order valence-electron chi connectivity index (χ2n) is 4.43. The molecule has 1 heterocycles. The number of hydrogen-bond acceptors (Lipinski definition) is 1. The van der Waals surface area contributed by atoms with Crippen LogP contribution in [0.4, 0.5) is 0 Å². The molecule has 1 nitrogen and oxygen atoms in total. The molecule has 0 saturated carbocycles. The highest BCUT2D eigenvalue weighted by atomic mass is 35.5. The predicted molar refractivity (Wildman–Crippen MR) is 65.9 cm³/mol. The quantitative estimate of drug-likeness (QED) is 0.795. The van der Waals surface area contributed by atoms with E-state index in [0.717, 1.165) is 31.0 Å². The number of rotatable bonds is 1. The maximum Gasteiger partial charge on any atom is 0.0458 e. The number of benzene rings is 1. The van der Waals surface area contributed by atoms with Crippen LogP contribution >= 0.6 is 23.2 Å². The summed E-state index contributed by atoms with van der Waals surface area (Å²) in [6.45, 7) is 4.41. The van der Waals surface area contributed by atoms with Crippen molar-refractivity contribution < 1.29 is 0 Å². The Bertz CT molecular complexity index is 357. The summed E-state index contributed by atoms with van der Waals surface area (Å²) in [5.74, 6) is 0. The molecule has 1 aliphatic heterocycles. The lowest BCUT2D eigenvalue weighted by Crippen LogP contribution is -2.37. The fraction of sp³-hybridized carbons (Fsp3) is 0.500. The lowest BCUT2D eigenvalue weighted by molar-refractivity contribution is 0.335. The molecule has 82 valence electrons. The summed E-state index contributed by atoms with van der Waals surface area (Å²) in [5, 5.41) is 4.88. The van der Waals surface area contributed by atoms with E-state index in [1.807, 2.05) is 12.1 Å². The van der Waals surface area contributed by atoms with E-state index in [1.165, 1.54) is 5.56 Å². The van der Waals surface area contributed by atoms with E-state index in [2.05, 4.69) is 18.3 Å². The second-order valence-corrected chi connectivity index (χ2v) is 5.28. The Hall–Kier alpha value is -0.240. The van der Waals surface area contributed by atoms with E-state index >= 15 is 0 Å². The van der Waals surface area contributed by atoms with Gasteiger partial charge in [-0.2, -0.15) is 0 Å². The fourth-order valence-corrected chi connectivity index (χ4v) is 2.86. The molecule has 0 aliphatic carbocycles. The summed E-state index contributed by atoms with van der Waals surface area (Å²) in [4.78, 5) is 0. The van der Waals surface area contributed by atoms with E-state index in [0.29, 0.717) is 5.02 Å². The van der Waals surface area contributed by atoms with Crippen LogP contribution in [0.25, 0.3) is 0 Å². The van der Waals surface area contributed by atoms with Gasteiger partial charge in [0.1, 0.15) is 0 Å². The molecule has 1 aromatic rings. The Morgan fingerprint density at radius 1 is 1.20 bits per heavy atom. The van der Waals surface area contributed by atoms with E-state index in [4.69, 9.17) is 23.2 Å². The largest absolute Gasteiger partial charge is 0.317 e. The third-order valence-electron chi connectivity index (χ3n) is 3.29. The van der Waals surface area contributed by atoms with Crippen molar-refractivity contribution in [3.05, 3.63) is 33.8 Å². The van der Waals surface area contributed by atoms with Crippen molar-refractivity contribution in [1.82, 2.24) is 5.32 Å². The maximum atomic E-state index is 6.25.